The van der Waals surface area contributed by atoms with E-state index < -0.39 is 11.9 Å². The van der Waals surface area contributed by atoms with E-state index in [1.54, 1.807) is 11.0 Å². The number of esters is 1. The Morgan fingerprint density at radius 2 is 1.77 bits per heavy atom. The Labute approximate surface area is 172 Å². The van der Waals surface area contributed by atoms with Crippen LogP contribution in [-0.4, -0.2) is 64.7 Å². The van der Waals surface area contributed by atoms with Gasteiger partial charge >= 0.3 is 12.1 Å². The second-order valence-electron chi connectivity index (χ2n) is 7.42. The smallest absolute Gasteiger partial charge is 0.435 e. The van der Waals surface area contributed by atoms with E-state index in [1.807, 2.05) is 6.08 Å². The first-order valence-electron chi connectivity index (χ1n) is 9.73. The topological polar surface area (TPSA) is 67.7 Å². The summed E-state index contributed by atoms with van der Waals surface area (Å²) in [4.78, 5) is 28.0. The molecule has 0 spiro atoms. The van der Waals surface area contributed by atoms with Crippen LogP contribution in [0.1, 0.15) is 29.8 Å². The fourth-order valence-corrected chi connectivity index (χ4v) is 3.72. The molecule has 2 aliphatic rings. The second kappa shape index (κ2) is 8.53. The van der Waals surface area contributed by atoms with E-state index in [9.17, 15) is 22.8 Å². The monoisotopic (exact) mass is 426 g/mol. The fraction of sp³-hybridized carbons (Fsp3) is 0.550. The minimum absolute atomic E-state index is 0.0451. The lowest BCUT2D eigenvalue weighted by atomic mass is 10.0. The molecule has 164 valence electrons. The van der Waals surface area contributed by atoms with Gasteiger partial charge in [0.2, 0.25) is 5.91 Å². The number of ether oxygens (including phenoxy) is 1. The van der Waals surface area contributed by atoms with Gasteiger partial charge in [-0.25, -0.2) is 4.79 Å². The minimum atomic E-state index is -4.54. The summed E-state index contributed by atoms with van der Waals surface area (Å²) in [5.74, 6) is -0.571. The highest BCUT2D eigenvalue weighted by Crippen LogP contribution is 2.32. The maximum Gasteiger partial charge on any atom is 0.435 e. The van der Waals surface area contributed by atoms with Gasteiger partial charge in [-0.3, -0.25) is 9.48 Å². The summed E-state index contributed by atoms with van der Waals surface area (Å²) in [7, 11) is 1.36. The van der Waals surface area contributed by atoms with Gasteiger partial charge in [0.15, 0.2) is 5.69 Å². The molecule has 0 radical (unpaired) electrons. The van der Waals surface area contributed by atoms with Crippen LogP contribution >= 0.6 is 0 Å². The first-order valence-corrected chi connectivity index (χ1v) is 9.73. The number of nitrogens with zero attached hydrogens (tertiary/aromatic N) is 4. The maximum atomic E-state index is 13.0. The van der Waals surface area contributed by atoms with Crippen LogP contribution in [0.3, 0.4) is 0 Å². The number of halogens is 3. The zero-order valence-electron chi connectivity index (χ0n) is 17.3. The Bertz CT molecular complexity index is 894. The number of piperazine rings is 1. The molecule has 1 aliphatic heterocycles. The molecule has 0 N–H and O–H groups in total. The van der Waals surface area contributed by atoms with Crippen molar-refractivity contribution in [2.24, 2.45) is 0 Å². The summed E-state index contributed by atoms with van der Waals surface area (Å²) in [5, 5.41) is 3.61. The third-order valence-corrected chi connectivity index (χ3v) is 5.67. The molecule has 0 atom stereocenters. The molecule has 3 rings (SSSR count). The van der Waals surface area contributed by atoms with Gasteiger partial charge < -0.3 is 14.5 Å². The molecule has 10 heteroatoms. The molecule has 1 fully saturated rings. The molecule has 7 nitrogen and oxygen atoms in total. The fourth-order valence-electron chi connectivity index (χ4n) is 3.72. The number of aromatic nitrogens is 2. The molecular formula is C20H25F3N4O3. The Hall–Kier alpha value is -2.78. The molecule has 1 amide bonds. The number of methoxy groups -OCH3 is 1. The van der Waals surface area contributed by atoms with Crippen molar-refractivity contribution in [3.63, 3.8) is 0 Å². The molecule has 30 heavy (non-hydrogen) atoms. The molecule has 0 bridgehead atoms. The SMILES string of the molecule is COC(=O)C1=CC=C(N2CCN(C(=O)Cn3nc(C(F)(F)F)c(C)c3C)CC2)CC1. The standard InChI is InChI=1S/C20H25F3N4O3/c1-13-14(2)27(24-18(13)20(21,22)23)12-17(28)26-10-8-25(9-11-26)16-6-4-15(5-7-16)19(29)30-3/h4,6H,5,7-12H2,1-3H3. The lowest BCUT2D eigenvalue weighted by molar-refractivity contribution is -0.142. The predicted molar refractivity (Wildman–Crippen MR) is 102 cm³/mol. The van der Waals surface area contributed by atoms with E-state index in [0.29, 0.717) is 43.9 Å². The summed E-state index contributed by atoms with van der Waals surface area (Å²) >= 11 is 0. The average Bonchev–Trinajstić information content (AvgIpc) is 3.02. The summed E-state index contributed by atoms with van der Waals surface area (Å²) < 4.78 is 45.0. The number of alkyl halides is 3. The Balaban J connectivity index is 1.58. The zero-order valence-corrected chi connectivity index (χ0v) is 17.3. The van der Waals surface area contributed by atoms with Crippen LogP contribution in [0, 0.1) is 13.8 Å². The summed E-state index contributed by atoms with van der Waals surface area (Å²) in [5.41, 5.74) is 1.18. The number of hydrogen-bond donors (Lipinski definition) is 0. The van der Waals surface area contributed by atoms with Crippen molar-refractivity contribution in [2.75, 3.05) is 33.3 Å². The Morgan fingerprint density at radius 3 is 2.27 bits per heavy atom. The van der Waals surface area contributed by atoms with E-state index in [2.05, 4.69) is 10.00 Å². The number of rotatable bonds is 4. The molecule has 1 saturated heterocycles. The molecule has 0 saturated carbocycles. The van der Waals surface area contributed by atoms with Crippen molar-refractivity contribution in [1.82, 2.24) is 19.6 Å². The number of amides is 1. The molecule has 2 heterocycles. The largest absolute Gasteiger partial charge is 0.466 e. The van der Waals surface area contributed by atoms with Crippen molar-refractivity contribution >= 4 is 11.9 Å². The van der Waals surface area contributed by atoms with Crippen LogP contribution in [0.25, 0.3) is 0 Å². The van der Waals surface area contributed by atoms with Crippen LogP contribution < -0.4 is 0 Å². The van der Waals surface area contributed by atoms with Gasteiger partial charge in [0, 0.05) is 48.7 Å². The predicted octanol–water partition coefficient (Wildman–Crippen LogP) is 2.44. The van der Waals surface area contributed by atoms with Crippen molar-refractivity contribution in [2.45, 2.75) is 39.4 Å². The van der Waals surface area contributed by atoms with Gasteiger partial charge in [-0.15, -0.1) is 0 Å². The second-order valence-corrected chi connectivity index (χ2v) is 7.42. The highest BCUT2D eigenvalue weighted by atomic mass is 19.4. The summed E-state index contributed by atoms with van der Waals surface area (Å²) in [6.45, 7) is 4.91. The van der Waals surface area contributed by atoms with Crippen molar-refractivity contribution < 1.29 is 27.5 Å². The minimum Gasteiger partial charge on any atom is -0.466 e. The highest BCUT2D eigenvalue weighted by molar-refractivity contribution is 5.89. The van der Waals surface area contributed by atoms with E-state index in [-0.39, 0.29) is 24.0 Å². The average molecular weight is 426 g/mol. The zero-order chi connectivity index (χ0) is 22.1. The third kappa shape index (κ3) is 4.52. The lowest BCUT2D eigenvalue weighted by Gasteiger charge is -2.38. The first-order chi connectivity index (χ1) is 14.1. The number of carbonyl (C=O) groups is 2. The van der Waals surface area contributed by atoms with E-state index >= 15 is 0 Å². The van der Waals surface area contributed by atoms with Crippen molar-refractivity contribution in [3.05, 3.63) is 40.4 Å². The maximum absolute atomic E-state index is 13.0. The molecule has 0 aromatic carbocycles. The third-order valence-electron chi connectivity index (χ3n) is 5.67. The number of carbonyl (C=O) groups excluding carboxylic acids is 2. The molecule has 1 aliphatic carbocycles. The van der Waals surface area contributed by atoms with E-state index in [4.69, 9.17) is 4.74 Å². The van der Waals surface area contributed by atoms with E-state index in [1.165, 1.54) is 21.0 Å². The van der Waals surface area contributed by atoms with Crippen molar-refractivity contribution in [3.8, 4) is 0 Å². The normalized spacial score (nSPS) is 17.5. The van der Waals surface area contributed by atoms with Gasteiger partial charge in [0.1, 0.15) is 6.54 Å². The summed E-state index contributed by atoms with van der Waals surface area (Å²) in [6, 6.07) is 0. The molecular weight excluding hydrogens is 401 g/mol. The van der Waals surface area contributed by atoms with Crippen LogP contribution in [0.2, 0.25) is 0 Å². The lowest BCUT2D eigenvalue weighted by Crippen LogP contribution is -2.49. The van der Waals surface area contributed by atoms with Gasteiger partial charge in [-0.05, 0) is 32.8 Å². The quantitative estimate of drug-likeness (QED) is 0.692. The molecule has 1 aromatic rings. The van der Waals surface area contributed by atoms with Gasteiger partial charge in [0.25, 0.3) is 0 Å². The van der Waals surface area contributed by atoms with Gasteiger partial charge in [-0.1, -0.05) is 6.08 Å². The first kappa shape index (κ1) is 21.9. The molecule has 0 unspecified atom stereocenters. The van der Waals surface area contributed by atoms with Gasteiger partial charge in [0.05, 0.1) is 7.11 Å². The van der Waals surface area contributed by atoms with Crippen LogP contribution in [0.5, 0.6) is 0 Å². The van der Waals surface area contributed by atoms with E-state index in [0.717, 1.165) is 16.8 Å². The Kier molecular flexibility index (Phi) is 6.23. The highest BCUT2D eigenvalue weighted by Gasteiger charge is 2.37. The number of allylic oxidation sites excluding steroid dienone is 3. The van der Waals surface area contributed by atoms with Crippen molar-refractivity contribution in [1.29, 1.82) is 0 Å². The van der Waals surface area contributed by atoms with Crippen LogP contribution in [-0.2, 0) is 27.0 Å². The van der Waals surface area contributed by atoms with Crippen LogP contribution in [0.15, 0.2) is 23.4 Å². The van der Waals surface area contributed by atoms with Crippen LogP contribution in [0.4, 0.5) is 13.2 Å². The Morgan fingerprint density at radius 1 is 1.10 bits per heavy atom. The van der Waals surface area contributed by atoms with Gasteiger partial charge in [-0.2, -0.15) is 18.3 Å². The molecule has 1 aromatic heterocycles. The number of hydrogen-bond acceptors (Lipinski definition) is 5. The summed E-state index contributed by atoms with van der Waals surface area (Å²) in [6.07, 6.45) is 0.466.